The van der Waals surface area contributed by atoms with Crippen LogP contribution in [0.1, 0.15) is 11.1 Å². The normalized spacial score (nSPS) is 15.1. The summed E-state index contributed by atoms with van der Waals surface area (Å²) in [5.41, 5.74) is 1.46. The summed E-state index contributed by atoms with van der Waals surface area (Å²) in [5.74, 6) is 0.254. The highest BCUT2D eigenvalue weighted by atomic mass is 32.2. The lowest BCUT2D eigenvalue weighted by atomic mass is 10.2. The number of amides is 2. The van der Waals surface area contributed by atoms with Crippen molar-refractivity contribution in [2.45, 2.75) is 6.61 Å². The van der Waals surface area contributed by atoms with E-state index in [9.17, 15) is 19.7 Å². The molecule has 1 aliphatic heterocycles. The molecule has 0 atom stereocenters. The van der Waals surface area contributed by atoms with Crippen LogP contribution in [0.25, 0.3) is 6.08 Å². The van der Waals surface area contributed by atoms with Crippen LogP contribution in [0.5, 0.6) is 5.75 Å². The van der Waals surface area contributed by atoms with Crippen molar-refractivity contribution in [3.63, 3.8) is 0 Å². The summed E-state index contributed by atoms with van der Waals surface area (Å²) in [4.78, 5) is 35.9. The quantitative estimate of drug-likeness (QED) is 0.298. The Morgan fingerprint density at radius 1 is 1.18 bits per heavy atom. The number of ether oxygens (including phenoxy) is 1. The molecule has 2 amide bonds. The van der Waals surface area contributed by atoms with Crippen molar-refractivity contribution in [2.24, 2.45) is 0 Å². The summed E-state index contributed by atoms with van der Waals surface area (Å²) < 4.78 is 5.65. The first-order valence-corrected chi connectivity index (χ1v) is 9.12. The van der Waals surface area contributed by atoms with Crippen LogP contribution in [0.15, 0.2) is 66.1 Å². The third kappa shape index (κ3) is 4.47. The number of benzene rings is 2. The molecule has 0 bridgehead atoms. The number of thioether (sulfide) groups is 1. The Morgan fingerprint density at radius 3 is 2.61 bits per heavy atom. The van der Waals surface area contributed by atoms with E-state index in [2.05, 4.69) is 6.58 Å². The maximum atomic E-state index is 12.2. The monoisotopic (exact) mass is 396 g/mol. The first-order chi connectivity index (χ1) is 13.5. The molecule has 0 unspecified atom stereocenters. The predicted octanol–water partition coefficient (Wildman–Crippen LogP) is 4.40. The van der Waals surface area contributed by atoms with Gasteiger partial charge < -0.3 is 4.74 Å². The van der Waals surface area contributed by atoms with Gasteiger partial charge in [0.05, 0.1) is 9.83 Å². The van der Waals surface area contributed by atoms with Crippen LogP contribution >= 0.6 is 11.8 Å². The van der Waals surface area contributed by atoms with E-state index in [4.69, 9.17) is 4.74 Å². The minimum Gasteiger partial charge on any atom is -0.489 e. The lowest BCUT2D eigenvalue weighted by Crippen LogP contribution is -2.27. The van der Waals surface area contributed by atoms with E-state index in [0.717, 1.165) is 22.2 Å². The van der Waals surface area contributed by atoms with Gasteiger partial charge in [0.1, 0.15) is 12.4 Å². The fourth-order valence-corrected chi connectivity index (χ4v) is 3.37. The third-order valence-corrected chi connectivity index (χ3v) is 4.80. The minimum atomic E-state index is -0.449. The molecule has 3 rings (SSSR count). The number of non-ortho nitro benzene ring substituents is 1. The molecule has 1 heterocycles. The zero-order valence-corrected chi connectivity index (χ0v) is 15.6. The molecule has 1 aliphatic rings. The van der Waals surface area contributed by atoms with E-state index >= 15 is 0 Å². The van der Waals surface area contributed by atoms with Crippen molar-refractivity contribution in [3.8, 4) is 5.75 Å². The highest BCUT2D eigenvalue weighted by Crippen LogP contribution is 2.32. The molecule has 0 spiro atoms. The number of nitro benzene ring substituents is 1. The van der Waals surface area contributed by atoms with Crippen molar-refractivity contribution in [1.82, 2.24) is 4.90 Å². The molecule has 0 aliphatic carbocycles. The van der Waals surface area contributed by atoms with Crippen LogP contribution in [0, 0.1) is 10.1 Å². The Balaban J connectivity index is 1.65. The topological polar surface area (TPSA) is 89.8 Å². The van der Waals surface area contributed by atoms with Crippen molar-refractivity contribution in [1.29, 1.82) is 0 Å². The fraction of sp³-hybridized carbons (Fsp3) is 0.100. The number of hydrogen-bond donors (Lipinski definition) is 0. The number of carbonyl (C=O) groups excluding carboxylic acids is 2. The first kappa shape index (κ1) is 19.4. The average molecular weight is 396 g/mol. The van der Waals surface area contributed by atoms with E-state index in [-0.39, 0.29) is 30.0 Å². The predicted molar refractivity (Wildman–Crippen MR) is 107 cm³/mol. The van der Waals surface area contributed by atoms with E-state index in [1.807, 2.05) is 0 Å². The molecular formula is C20H16N2O5S. The molecule has 28 heavy (non-hydrogen) atoms. The molecular weight excluding hydrogens is 380 g/mol. The molecule has 0 aromatic heterocycles. The first-order valence-electron chi connectivity index (χ1n) is 8.30. The second kappa shape index (κ2) is 8.53. The second-order valence-corrected chi connectivity index (χ2v) is 6.86. The van der Waals surface area contributed by atoms with Gasteiger partial charge >= 0.3 is 0 Å². The Hall–Kier alpha value is -3.39. The fourth-order valence-electron chi connectivity index (χ4n) is 2.52. The molecule has 142 valence electrons. The number of carbonyl (C=O) groups is 2. The number of nitrogens with zero attached hydrogens (tertiary/aromatic N) is 2. The summed E-state index contributed by atoms with van der Waals surface area (Å²) >= 11 is 0.896. The SMILES string of the molecule is C=CCN1C(=O)S/C(=C/c2ccc(OCc3cccc([N+](=O)[O-])c3)cc2)C1=O. The van der Waals surface area contributed by atoms with Gasteiger partial charge in [-0.3, -0.25) is 24.6 Å². The summed E-state index contributed by atoms with van der Waals surface area (Å²) in [6.07, 6.45) is 3.16. The maximum absolute atomic E-state index is 12.2. The van der Waals surface area contributed by atoms with E-state index in [1.54, 1.807) is 42.5 Å². The van der Waals surface area contributed by atoms with Crippen LogP contribution in [0.3, 0.4) is 0 Å². The van der Waals surface area contributed by atoms with E-state index < -0.39 is 4.92 Å². The van der Waals surface area contributed by atoms with E-state index in [1.165, 1.54) is 18.2 Å². The standard InChI is InChI=1S/C20H16N2O5S/c1-2-10-21-19(23)18(28-20(21)24)12-14-6-8-17(9-7-14)27-13-15-4-3-5-16(11-15)22(25)26/h2-9,11-12H,1,10,13H2/b18-12+. The minimum absolute atomic E-state index is 0.0156. The van der Waals surface area contributed by atoms with Crippen molar-refractivity contribution in [2.75, 3.05) is 6.54 Å². The summed E-state index contributed by atoms with van der Waals surface area (Å²) in [6.45, 7) is 3.93. The molecule has 0 saturated carbocycles. The summed E-state index contributed by atoms with van der Waals surface area (Å²) in [5, 5.41) is 10.5. The highest BCUT2D eigenvalue weighted by Gasteiger charge is 2.33. The van der Waals surface area contributed by atoms with Gasteiger partial charge in [0.15, 0.2) is 0 Å². The Morgan fingerprint density at radius 2 is 1.93 bits per heavy atom. The highest BCUT2D eigenvalue weighted by molar-refractivity contribution is 8.18. The van der Waals surface area contributed by atoms with Gasteiger partial charge in [0, 0.05) is 18.7 Å². The lowest BCUT2D eigenvalue weighted by molar-refractivity contribution is -0.384. The third-order valence-electron chi connectivity index (χ3n) is 3.89. The largest absolute Gasteiger partial charge is 0.489 e. The van der Waals surface area contributed by atoms with Crippen molar-refractivity contribution < 1.29 is 19.2 Å². The Bertz CT molecular complexity index is 969. The van der Waals surface area contributed by atoms with Crippen molar-refractivity contribution in [3.05, 3.63) is 87.3 Å². The van der Waals surface area contributed by atoms with Gasteiger partial charge in [-0.15, -0.1) is 6.58 Å². The van der Waals surface area contributed by atoms with Crippen LogP contribution < -0.4 is 4.74 Å². The summed E-state index contributed by atoms with van der Waals surface area (Å²) in [6, 6.07) is 13.3. The number of imide groups is 1. The second-order valence-electron chi connectivity index (χ2n) is 5.87. The zero-order chi connectivity index (χ0) is 20.1. The van der Waals surface area contributed by atoms with Crippen LogP contribution in [0.4, 0.5) is 10.5 Å². The van der Waals surface area contributed by atoms with Gasteiger partial charge in [-0.25, -0.2) is 0 Å². The summed E-state index contributed by atoms with van der Waals surface area (Å²) in [7, 11) is 0. The number of hydrogen-bond acceptors (Lipinski definition) is 6. The molecule has 2 aromatic rings. The van der Waals surface area contributed by atoms with Gasteiger partial charge in [0.2, 0.25) is 0 Å². The molecule has 1 fully saturated rings. The maximum Gasteiger partial charge on any atom is 0.293 e. The van der Waals surface area contributed by atoms with Gasteiger partial charge in [-0.2, -0.15) is 0 Å². The zero-order valence-electron chi connectivity index (χ0n) is 14.7. The Labute approximate surface area is 165 Å². The van der Waals surface area contributed by atoms with Gasteiger partial charge in [-0.1, -0.05) is 30.3 Å². The smallest absolute Gasteiger partial charge is 0.293 e. The molecule has 1 saturated heterocycles. The van der Waals surface area contributed by atoms with Gasteiger partial charge in [0.25, 0.3) is 16.8 Å². The molecule has 0 radical (unpaired) electrons. The Kier molecular flexibility index (Phi) is 5.90. The molecule has 0 N–H and O–H groups in total. The number of rotatable bonds is 7. The van der Waals surface area contributed by atoms with Crippen LogP contribution in [-0.4, -0.2) is 27.5 Å². The van der Waals surface area contributed by atoms with E-state index in [0.29, 0.717) is 16.2 Å². The van der Waals surface area contributed by atoms with Crippen LogP contribution in [-0.2, 0) is 11.4 Å². The molecule has 2 aromatic carbocycles. The molecule has 7 nitrogen and oxygen atoms in total. The van der Waals surface area contributed by atoms with Gasteiger partial charge in [-0.05, 0) is 41.1 Å². The van der Waals surface area contributed by atoms with Crippen molar-refractivity contribution >= 4 is 34.7 Å². The van der Waals surface area contributed by atoms with Crippen LogP contribution in [0.2, 0.25) is 0 Å². The average Bonchev–Trinajstić information content (AvgIpc) is 2.95. The number of nitro groups is 1. The lowest BCUT2D eigenvalue weighted by Gasteiger charge is -2.08. The molecule has 8 heteroatoms.